The van der Waals surface area contributed by atoms with Crippen molar-refractivity contribution in [2.45, 2.75) is 71.7 Å². The molecule has 11 heteroatoms. The first-order valence-electron chi connectivity index (χ1n) is 16.8. The van der Waals surface area contributed by atoms with Gasteiger partial charge in [-0.1, -0.05) is 62.8 Å². The molecule has 1 aliphatic heterocycles. The molecule has 0 aliphatic carbocycles. The fraction of sp³-hybridized carbons (Fsp3) is 0.474. The number of carbonyl (C=O) groups is 4. The number of benzene rings is 2. The van der Waals surface area contributed by atoms with Gasteiger partial charge in [-0.25, -0.2) is 4.79 Å². The van der Waals surface area contributed by atoms with Gasteiger partial charge in [-0.15, -0.1) is 0 Å². The van der Waals surface area contributed by atoms with Crippen LogP contribution in [0.3, 0.4) is 0 Å². The average molecular weight is 675 g/mol. The van der Waals surface area contributed by atoms with E-state index in [-0.39, 0.29) is 30.8 Å². The number of esters is 1. The maximum Gasteiger partial charge on any atom is 0.337 e. The Hall–Kier alpha value is -4.64. The maximum absolute atomic E-state index is 14.5. The van der Waals surface area contributed by atoms with E-state index >= 15 is 0 Å². The molecule has 49 heavy (non-hydrogen) atoms. The van der Waals surface area contributed by atoms with Crippen LogP contribution in [0.1, 0.15) is 58.2 Å². The molecule has 2 heterocycles. The SMILES string of the molecule is COc1ccc([C@@H]2NC(=O)[C@@H](Cc3c[nH]c4ccccc34)N(C)C(=O)[C@H](C)NC(=O)[C@@H](C)C/C(C)=C/[C@@H](C)[C@@H](C)COC(=O)[C@H]2OC)cc1. The summed E-state index contributed by atoms with van der Waals surface area (Å²) in [6.07, 6.45) is 3.37. The Morgan fingerprint density at radius 2 is 1.61 bits per heavy atom. The van der Waals surface area contributed by atoms with Gasteiger partial charge < -0.3 is 34.7 Å². The standard InChI is InChI=1S/C38H50N4O7/c1-22-17-23(2)25(4)21-49-38(46)34(48-8)33(27-13-15-29(47-7)16-14-27)41-36(44)32(19-28-20-39-31-12-10-9-11-30(28)31)42(6)37(45)26(5)40-35(43)24(3)18-22/h9-17,20,23-26,32-34,39H,18-19,21H2,1-8H3,(H,40,43)(H,41,44)/b22-17+/t23-,24+,25+,26+,32-,33+,34+/m1/s1. The Balaban J connectivity index is 1.78. The number of hydrogen-bond donors (Lipinski definition) is 3. The molecule has 11 nitrogen and oxygen atoms in total. The fourth-order valence-electron chi connectivity index (χ4n) is 6.26. The minimum atomic E-state index is -1.20. The number of para-hydroxylation sites is 1. The van der Waals surface area contributed by atoms with Gasteiger partial charge in [0.05, 0.1) is 19.8 Å². The lowest BCUT2D eigenvalue weighted by Gasteiger charge is -2.33. The minimum absolute atomic E-state index is 0.0384. The molecule has 0 saturated heterocycles. The van der Waals surface area contributed by atoms with E-state index in [1.165, 1.54) is 12.0 Å². The third-order valence-corrected chi connectivity index (χ3v) is 9.51. The molecule has 264 valence electrons. The van der Waals surface area contributed by atoms with Crippen molar-refractivity contribution in [1.82, 2.24) is 20.5 Å². The van der Waals surface area contributed by atoms with Crippen LogP contribution in [0.15, 0.2) is 66.4 Å². The first-order chi connectivity index (χ1) is 23.3. The Morgan fingerprint density at radius 1 is 0.918 bits per heavy atom. The summed E-state index contributed by atoms with van der Waals surface area (Å²) in [6.45, 7) is 9.56. The molecule has 1 aromatic heterocycles. The lowest BCUT2D eigenvalue weighted by atomic mass is 9.91. The van der Waals surface area contributed by atoms with Crippen LogP contribution in [0.2, 0.25) is 0 Å². The van der Waals surface area contributed by atoms with E-state index in [9.17, 15) is 19.2 Å². The van der Waals surface area contributed by atoms with E-state index in [0.29, 0.717) is 17.7 Å². The summed E-state index contributed by atoms with van der Waals surface area (Å²) < 4.78 is 16.9. The summed E-state index contributed by atoms with van der Waals surface area (Å²) in [5.74, 6) is -1.61. The van der Waals surface area contributed by atoms with Gasteiger partial charge in [0.2, 0.25) is 17.7 Å². The van der Waals surface area contributed by atoms with Gasteiger partial charge in [0.25, 0.3) is 0 Å². The number of ether oxygens (including phenoxy) is 3. The molecule has 0 spiro atoms. The number of carbonyl (C=O) groups excluding carboxylic acids is 4. The van der Waals surface area contributed by atoms with Crippen molar-refractivity contribution < 1.29 is 33.4 Å². The highest BCUT2D eigenvalue weighted by atomic mass is 16.6. The largest absolute Gasteiger partial charge is 0.497 e. The molecule has 1 aliphatic rings. The smallest absolute Gasteiger partial charge is 0.337 e. The van der Waals surface area contributed by atoms with E-state index in [2.05, 4.69) is 21.7 Å². The maximum atomic E-state index is 14.5. The molecule has 0 radical (unpaired) electrons. The second kappa shape index (κ2) is 16.6. The van der Waals surface area contributed by atoms with Gasteiger partial charge in [-0.2, -0.15) is 0 Å². The van der Waals surface area contributed by atoms with Crippen molar-refractivity contribution >= 4 is 34.6 Å². The van der Waals surface area contributed by atoms with E-state index in [1.54, 1.807) is 45.3 Å². The molecule has 4 rings (SSSR count). The molecule has 2 aromatic carbocycles. The van der Waals surface area contributed by atoms with Crippen LogP contribution >= 0.6 is 0 Å². The van der Waals surface area contributed by atoms with Crippen LogP contribution in [0, 0.1) is 17.8 Å². The Morgan fingerprint density at radius 3 is 2.29 bits per heavy atom. The Labute approximate surface area is 288 Å². The van der Waals surface area contributed by atoms with Crippen molar-refractivity contribution in [1.29, 1.82) is 0 Å². The summed E-state index contributed by atoms with van der Waals surface area (Å²) in [5.41, 5.74) is 3.32. The highest BCUT2D eigenvalue weighted by Crippen LogP contribution is 2.27. The van der Waals surface area contributed by atoms with Gasteiger partial charge in [0.1, 0.15) is 17.8 Å². The quantitative estimate of drug-likeness (QED) is 0.263. The van der Waals surface area contributed by atoms with Crippen molar-refractivity contribution in [2.24, 2.45) is 17.8 Å². The number of cyclic esters (lactones) is 1. The third-order valence-electron chi connectivity index (χ3n) is 9.51. The second-order valence-corrected chi connectivity index (χ2v) is 13.3. The van der Waals surface area contributed by atoms with Crippen molar-refractivity contribution in [3.05, 3.63) is 77.5 Å². The number of fused-ring (bicyclic) bond motifs is 1. The molecule has 3 aromatic rings. The van der Waals surface area contributed by atoms with Crippen LogP contribution in [-0.2, 0) is 35.1 Å². The first-order valence-corrected chi connectivity index (χ1v) is 16.8. The number of methoxy groups -OCH3 is 2. The molecule has 0 unspecified atom stereocenters. The molecular weight excluding hydrogens is 624 g/mol. The summed E-state index contributed by atoms with van der Waals surface area (Å²) in [5, 5.41) is 6.81. The van der Waals surface area contributed by atoms with E-state index < -0.39 is 47.9 Å². The molecular formula is C38H50N4O7. The normalized spacial score (nSPS) is 28.0. The number of rotatable bonds is 5. The van der Waals surface area contributed by atoms with Gasteiger partial charge in [-0.3, -0.25) is 14.4 Å². The summed E-state index contributed by atoms with van der Waals surface area (Å²) in [6, 6.07) is 11.8. The number of nitrogens with zero attached hydrogens (tertiary/aromatic N) is 1. The molecule has 3 amide bonds. The lowest BCUT2D eigenvalue weighted by Crippen LogP contribution is -2.56. The molecule has 7 atom stereocenters. The number of aromatic amines is 1. The number of allylic oxidation sites excluding steroid dienone is 2. The number of amides is 3. The van der Waals surface area contributed by atoms with Gasteiger partial charge in [0.15, 0.2) is 6.10 Å². The predicted octanol–water partition coefficient (Wildman–Crippen LogP) is 4.72. The highest BCUT2D eigenvalue weighted by Gasteiger charge is 2.37. The third kappa shape index (κ3) is 9.08. The van der Waals surface area contributed by atoms with Crippen LogP contribution in [0.5, 0.6) is 5.75 Å². The Kier molecular flexibility index (Phi) is 12.6. The van der Waals surface area contributed by atoms with E-state index in [1.807, 2.05) is 58.2 Å². The first kappa shape index (κ1) is 37.2. The molecule has 0 saturated carbocycles. The summed E-state index contributed by atoms with van der Waals surface area (Å²) in [7, 11) is 4.50. The van der Waals surface area contributed by atoms with Crippen LogP contribution in [0.4, 0.5) is 0 Å². The zero-order chi connectivity index (χ0) is 35.8. The van der Waals surface area contributed by atoms with Crippen LogP contribution in [0.25, 0.3) is 10.9 Å². The van der Waals surface area contributed by atoms with Crippen molar-refractivity contribution in [3.8, 4) is 5.75 Å². The van der Waals surface area contributed by atoms with Crippen molar-refractivity contribution in [3.63, 3.8) is 0 Å². The second-order valence-electron chi connectivity index (χ2n) is 13.3. The Bertz CT molecular complexity index is 1650. The van der Waals surface area contributed by atoms with E-state index in [4.69, 9.17) is 14.2 Å². The number of H-pyrrole nitrogens is 1. The van der Waals surface area contributed by atoms with E-state index in [0.717, 1.165) is 22.0 Å². The average Bonchev–Trinajstić information content (AvgIpc) is 3.50. The van der Waals surface area contributed by atoms with Gasteiger partial charge >= 0.3 is 5.97 Å². The lowest BCUT2D eigenvalue weighted by molar-refractivity contribution is -0.159. The zero-order valence-corrected chi connectivity index (χ0v) is 29.7. The fourth-order valence-corrected chi connectivity index (χ4v) is 6.26. The molecule has 3 N–H and O–H groups in total. The van der Waals surface area contributed by atoms with Gasteiger partial charge in [-0.05, 0) is 61.4 Å². The van der Waals surface area contributed by atoms with Gasteiger partial charge in [0, 0.05) is 43.6 Å². The monoisotopic (exact) mass is 674 g/mol. The number of likely N-dealkylation sites (N-methyl/N-ethyl adjacent to an activating group) is 1. The highest BCUT2D eigenvalue weighted by molar-refractivity contribution is 5.93. The van der Waals surface area contributed by atoms with Crippen LogP contribution in [-0.4, -0.2) is 79.6 Å². The van der Waals surface area contributed by atoms with Crippen LogP contribution < -0.4 is 15.4 Å². The number of nitrogens with one attached hydrogen (secondary N) is 3. The number of hydrogen-bond acceptors (Lipinski definition) is 7. The van der Waals surface area contributed by atoms with Crippen molar-refractivity contribution in [2.75, 3.05) is 27.9 Å². The minimum Gasteiger partial charge on any atom is -0.497 e. The summed E-state index contributed by atoms with van der Waals surface area (Å²) in [4.78, 5) is 59.9. The number of aromatic nitrogens is 1. The summed E-state index contributed by atoms with van der Waals surface area (Å²) >= 11 is 0. The molecule has 0 fully saturated rings. The molecule has 0 bridgehead atoms. The zero-order valence-electron chi connectivity index (χ0n) is 29.7. The predicted molar refractivity (Wildman–Crippen MR) is 188 cm³/mol. The topological polar surface area (TPSA) is 139 Å².